The molecule has 0 bridgehead atoms. The number of halogens is 1. The van der Waals surface area contributed by atoms with Gasteiger partial charge in [0.05, 0.1) is 16.3 Å². The van der Waals surface area contributed by atoms with Crippen molar-refractivity contribution in [2.24, 2.45) is 0 Å². The van der Waals surface area contributed by atoms with E-state index >= 15 is 0 Å². The molecule has 11 nitrogen and oxygen atoms in total. The van der Waals surface area contributed by atoms with Crippen LogP contribution in [0, 0.1) is 0 Å². The molecule has 238 valence electrons. The highest BCUT2D eigenvalue weighted by molar-refractivity contribution is 6.32. The lowest BCUT2D eigenvalue weighted by Gasteiger charge is -2.29. The number of hydrogen-bond donors (Lipinski definition) is 3. The van der Waals surface area contributed by atoms with Gasteiger partial charge in [-0.2, -0.15) is 0 Å². The molecule has 1 atom stereocenters. The molecule has 2 aromatic rings. The number of hydrogen-bond acceptors (Lipinski definition) is 7. The summed E-state index contributed by atoms with van der Waals surface area (Å²) in [6, 6.07) is 8.84. The van der Waals surface area contributed by atoms with Gasteiger partial charge in [0.2, 0.25) is 11.8 Å². The van der Waals surface area contributed by atoms with Gasteiger partial charge in [0, 0.05) is 37.8 Å². The van der Waals surface area contributed by atoms with E-state index in [0.29, 0.717) is 17.5 Å². The Morgan fingerprint density at radius 2 is 1.86 bits per heavy atom. The van der Waals surface area contributed by atoms with Gasteiger partial charge in [-0.15, -0.1) is 0 Å². The number of para-hydroxylation sites is 1. The van der Waals surface area contributed by atoms with Gasteiger partial charge in [0.25, 0.3) is 5.91 Å². The van der Waals surface area contributed by atoms with E-state index in [4.69, 9.17) is 21.1 Å². The van der Waals surface area contributed by atoms with Crippen LogP contribution >= 0.6 is 11.6 Å². The van der Waals surface area contributed by atoms with Gasteiger partial charge in [-0.3, -0.25) is 24.5 Å². The maximum atomic E-state index is 12.8. The van der Waals surface area contributed by atoms with E-state index in [1.54, 1.807) is 43.5 Å². The second-order valence-electron chi connectivity index (χ2n) is 10.7. The number of urea groups is 1. The summed E-state index contributed by atoms with van der Waals surface area (Å²) >= 11 is 6.17. The minimum Gasteiger partial charge on any atom is -0.485 e. The van der Waals surface area contributed by atoms with Crippen molar-refractivity contribution in [3.8, 4) is 5.75 Å². The van der Waals surface area contributed by atoms with Crippen molar-refractivity contribution in [3.63, 3.8) is 0 Å². The quantitative estimate of drug-likeness (QED) is 0.212. The number of nitrogens with one attached hydrogen (secondary N) is 3. The van der Waals surface area contributed by atoms with E-state index < -0.39 is 18.0 Å². The molecule has 2 aromatic carbocycles. The SMILES string of the molecule is C=C(C=O)COc1c(Cl)cccc1NC(=O)NCc1ccc2c(c1)CN(C1CCC(=O)NC1=O)C2=O.CC.COC(C)(C)C. The second-order valence-corrected chi connectivity index (χ2v) is 11.1. The van der Waals surface area contributed by atoms with Gasteiger partial charge in [-0.25, -0.2) is 4.79 Å². The summed E-state index contributed by atoms with van der Waals surface area (Å²) in [5.74, 6) is -0.856. The lowest BCUT2D eigenvalue weighted by molar-refractivity contribution is -0.136. The predicted octanol–water partition coefficient (Wildman–Crippen LogP) is 5.01. The summed E-state index contributed by atoms with van der Waals surface area (Å²) in [7, 11) is 1.71. The van der Waals surface area contributed by atoms with Crippen molar-refractivity contribution < 1.29 is 33.4 Å². The minimum absolute atomic E-state index is 0.0417. The number of methoxy groups -OCH3 is 1. The van der Waals surface area contributed by atoms with Crippen LogP contribution in [0.3, 0.4) is 0 Å². The van der Waals surface area contributed by atoms with E-state index in [2.05, 4.69) is 22.5 Å². The van der Waals surface area contributed by atoms with Crippen molar-refractivity contribution in [1.82, 2.24) is 15.5 Å². The van der Waals surface area contributed by atoms with Crippen LogP contribution in [-0.2, 0) is 32.2 Å². The van der Waals surface area contributed by atoms with Crippen LogP contribution < -0.4 is 20.7 Å². The molecule has 2 aliphatic rings. The highest BCUT2D eigenvalue weighted by atomic mass is 35.5. The van der Waals surface area contributed by atoms with Gasteiger partial charge in [-0.05, 0) is 56.5 Å². The summed E-state index contributed by atoms with van der Waals surface area (Å²) in [6.07, 6.45) is 1.05. The minimum atomic E-state index is -0.687. The number of anilines is 1. The van der Waals surface area contributed by atoms with Crippen molar-refractivity contribution in [1.29, 1.82) is 0 Å². The molecule has 1 fully saturated rings. The molecule has 44 heavy (non-hydrogen) atoms. The van der Waals surface area contributed by atoms with Crippen molar-refractivity contribution >= 4 is 47.3 Å². The lowest BCUT2D eigenvalue weighted by atomic mass is 10.0. The first-order chi connectivity index (χ1) is 20.8. The Balaban J connectivity index is 0.000000755. The second kappa shape index (κ2) is 16.6. The smallest absolute Gasteiger partial charge is 0.319 e. The molecule has 3 N–H and O–H groups in total. The van der Waals surface area contributed by atoms with Gasteiger partial charge in [0.15, 0.2) is 5.75 Å². The average Bonchev–Trinajstić information content (AvgIpc) is 3.31. The number of benzene rings is 2. The molecule has 0 spiro atoms. The van der Waals surface area contributed by atoms with Crippen LogP contribution in [0.1, 0.15) is 68.9 Å². The molecule has 0 aliphatic carbocycles. The van der Waals surface area contributed by atoms with E-state index in [9.17, 15) is 24.0 Å². The molecule has 1 saturated heterocycles. The normalized spacial score (nSPS) is 15.5. The number of ether oxygens (including phenoxy) is 2. The molecule has 5 amide bonds. The molecular weight excluding hydrogens is 588 g/mol. The maximum absolute atomic E-state index is 12.8. The van der Waals surface area contributed by atoms with Crippen LogP contribution in [0.5, 0.6) is 5.75 Å². The fraction of sp³-hybridized carbons (Fsp3) is 0.406. The lowest BCUT2D eigenvalue weighted by Crippen LogP contribution is -2.52. The van der Waals surface area contributed by atoms with Crippen LogP contribution in [0.15, 0.2) is 48.6 Å². The molecular formula is C32H41ClN4O7. The number of amides is 5. The first-order valence-electron chi connectivity index (χ1n) is 14.2. The summed E-state index contributed by atoms with van der Waals surface area (Å²) in [6.45, 7) is 13.9. The summed E-state index contributed by atoms with van der Waals surface area (Å²) in [5, 5.41) is 7.94. The maximum Gasteiger partial charge on any atom is 0.319 e. The number of fused-ring (bicyclic) bond motifs is 1. The van der Waals surface area contributed by atoms with Gasteiger partial charge in [0.1, 0.15) is 18.9 Å². The number of piperidine rings is 1. The van der Waals surface area contributed by atoms with Gasteiger partial charge >= 0.3 is 6.03 Å². The van der Waals surface area contributed by atoms with Gasteiger partial charge < -0.3 is 25.0 Å². The van der Waals surface area contributed by atoms with Crippen LogP contribution in [0.25, 0.3) is 0 Å². The Kier molecular flexibility index (Phi) is 13.6. The van der Waals surface area contributed by atoms with E-state index in [0.717, 1.165) is 11.1 Å². The summed E-state index contributed by atoms with van der Waals surface area (Å²) < 4.78 is 10.5. The Bertz CT molecular complexity index is 1390. The van der Waals surface area contributed by atoms with E-state index in [1.807, 2.05) is 34.6 Å². The zero-order valence-corrected chi connectivity index (χ0v) is 26.8. The van der Waals surface area contributed by atoms with Crippen LogP contribution in [0.4, 0.5) is 10.5 Å². The zero-order chi connectivity index (χ0) is 33.0. The standard InChI is InChI=1S/C25H23ClN4O6.C5H12O.C2H6/c1-14(12-31)13-36-22-18(26)3-2-4-19(22)28-25(35)27-10-15-5-6-17-16(9-15)11-30(24(17)34)20-7-8-21(32)29-23(20)33;1-5(2,3)6-4;1-2/h2-6,9,12,20H,1,7-8,10-11,13H2,(H2,27,28,35)(H,29,32,33);1-4H3;1-2H3. The summed E-state index contributed by atoms with van der Waals surface area (Å²) in [5.41, 5.74) is 2.57. The molecule has 0 radical (unpaired) electrons. The fourth-order valence-corrected chi connectivity index (χ4v) is 4.27. The van der Waals surface area contributed by atoms with Crippen molar-refractivity contribution in [3.05, 3.63) is 70.3 Å². The van der Waals surface area contributed by atoms with E-state index in [-0.39, 0.29) is 66.3 Å². The predicted molar refractivity (Wildman–Crippen MR) is 169 cm³/mol. The van der Waals surface area contributed by atoms with Crippen molar-refractivity contribution in [2.75, 3.05) is 19.0 Å². The highest BCUT2D eigenvalue weighted by Gasteiger charge is 2.39. The molecule has 2 aliphatic heterocycles. The fourth-order valence-electron chi connectivity index (χ4n) is 4.04. The zero-order valence-electron chi connectivity index (χ0n) is 26.0. The number of carbonyl (C=O) groups excluding carboxylic acids is 5. The highest BCUT2D eigenvalue weighted by Crippen LogP contribution is 2.33. The Hall–Kier alpha value is -4.22. The molecule has 2 heterocycles. The van der Waals surface area contributed by atoms with Crippen molar-refractivity contribution in [2.45, 2.75) is 72.2 Å². The molecule has 0 aromatic heterocycles. The first-order valence-corrected chi connectivity index (χ1v) is 14.6. The number of rotatable bonds is 8. The average molecular weight is 629 g/mol. The monoisotopic (exact) mass is 628 g/mol. The topological polar surface area (TPSA) is 143 Å². The van der Waals surface area contributed by atoms with E-state index in [1.165, 1.54) is 4.90 Å². The number of aldehydes is 1. The third-order valence-electron chi connectivity index (χ3n) is 6.44. The van der Waals surface area contributed by atoms with Crippen LogP contribution in [0.2, 0.25) is 5.02 Å². The number of imide groups is 1. The molecule has 4 rings (SSSR count). The largest absolute Gasteiger partial charge is 0.485 e. The first kappa shape index (κ1) is 36.0. The van der Waals surface area contributed by atoms with Crippen LogP contribution in [-0.4, -0.2) is 60.3 Å². The Morgan fingerprint density at radius 3 is 2.48 bits per heavy atom. The molecule has 12 heteroatoms. The number of nitrogens with zero attached hydrogens (tertiary/aromatic N) is 1. The molecule has 0 saturated carbocycles. The number of carbonyl (C=O) groups is 5. The third kappa shape index (κ3) is 10.2. The third-order valence-corrected chi connectivity index (χ3v) is 6.73. The Labute approximate surface area is 263 Å². The van der Waals surface area contributed by atoms with Gasteiger partial charge in [-0.1, -0.05) is 50.2 Å². The summed E-state index contributed by atoms with van der Waals surface area (Å²) in [4.78, 5) is 61.2. The Morgan fingerprint density at radius 1 is 1.18 bits per heavy atom. The molecule has 1 unspecified atom stereocenters.